The Kier molecular flexibility index (Phi) is 8.18. The van der Waals surface area contributed by atoms with Gasteiger partial charge in [-0.05, 0) is 73.7 Å². The SMILES string of the molecule is COc1ccc(C(Br)=CC(c2cc(C(C)(C)C)c(O)c(C(C)(C)C)c2)c2ccc3cc(OC)ccc3c2)cc1. The zero-order valence-corrected chi connectivity index (χ0v) is 25.8. The summed E-state index contributed by atoms with van der Waals surface area (Å²) >= 11 is 3.88. The highest BCUT2D eigenvalue weighted by Gasteiger charge is 2.28. The number of halogens is 1. The predicted octanol–water partition coefficient (Wildman–Crippen LogP) is 9.73. The van der Waals surface area contributed by atoms with Crippen LogP contribution in [-0.2, 0) is 10.8 Å². The van der Waals surface area contributed by atoms with Gasteiger partial charge >= 0.3 is 0 Å². The molecular weight excluding hydrogens is 548 g/mol. The van der Waals surface area contributed by atoms with Crippen LogP contribution in [0.3, 0.4) is 0 Å². The molecule has 0 fully saturated rings. The van der Waals surface area contributed by atoms with Gasteiger partial charge in [0.15, 0.2) is 0 Å². The summed E-state index contributed by atoms with van der Waals surface area (Å²) < 4.78 is 11.8. The fourth-order valence-corrected chi connectivity index (χ4v) is 5.45. The molecule has 0 aromatic heterocycles. The van der Waals surface area contributed by atoms with Crippen LogP contribution in [0.4, 0.5) is 0 Å². The van der Waals surface area contributed by atoms with Crippen LogP contribution in [0, 0.1) is 0 Å². The van der Waals surface area contributed by atoms with Crippen molar-refractivity contribution in [2.45, 2.75) is 58.3 Å². The number of allylic oxidation sites excluding steroid dienone is 1. The first kappa shape index (κ1) is 28.8. The maximum atomic E-state index is 11.4. The minimum absolute atomic E-state index is 0.0595. The average Bonchev–Trinajstić information content (AvgIpc) is 2.90. The molecule has 3 nitrogen and oxygen atoms in total. The van der Waals surface area contributed by atoms with Gasteiger partial charge < -0.3 is 14.6 Å². The Morgan fingerprint density at radius 1 is 0.692 bits per heavy atom. The second-order valence-electron chi connectivity index (χ2n) is 12.2. The summed E-state index contributed by atoms with van der Waals surface area (Å²) in [6.07, 6.45) is 2.26. The Balaban J connectivity index is 1.96. The number of fused-ring (bicyclic) bond motifs is 1. The van der Waals surface area contributed by atoms with E-state index in [1.54, 1.807) is 14.2 Å². The van der Waals surface area contributed by atoms with Crippen molar-refractivity contribution in [2.75, 3.05) is 14.2 Å². The molecule has 4 heteroatoms. The molecule has 204 valence electrons. The number of phenolic OH excluding ortho intramolecular Hbond substituents is 1. The zero-order valence-electron chi connectivity index (χ0n) is 24.2. The molecule has 4 aromatic rings. The summed E-state index contributed by atoms with van der Waals surface area (Å²) in [7, 11) is 3.37. The molecule has 0 aliphatic heterocycles. The topological polar surface area (TPSA) is 38.7 Å². The van der Waals surface area contributed by atoms with Crippen molar-refractivity contribution in [3.8, 4) is 17.2 Å². The van der Waals surface area contributed by atoms with E-state index in [-0.39, 0.29) is 16.7 Å². The zero-order chi connectivity index (χ0) is 28.5. The van der Waals surface area contributed by atoms with E-state index in [2.05, 4.69) is 118 Å². The lowest BCUT2D eigenvalue weighted by Gasteiger charge is -2.30. The van der Waals surface area contributed by atoms with Gasteiger partial charge in [0.2, 0.25) is 0 Å². The third-order valence-electron chi connectivity index (χ3n) is 7.22. The molecule has 4 aromatic carbocycles. The summed E-state index contributed by atoms with van der Waals surface area (Å²) in [4.78, 5) is 0. The molecule has 1 atom stereocenters. The van der Waals surface area contributed by atoms with Crippen LogP contribution in [0.25, 0.3) is 15.3 Å². The number of ether oxygens (including phenoxy) is 2. The van der Waals surface area contributed by atoms with E-state index in [4.69, 9.17) is 9.47 Å². The van der Waals surface area contributed by atoms with Crippen molar-refractivity contribution in [1.82, 2.24) is 0 Å². The predicted molar refractivity (Wildman–Crippen MR) is 168 cm³/mol. The second kappa shape index (κ2) is 11.1. The van der Waals surface area contributed by atoms with Gasteiger partial charge in [-0.15, -0.1) is 0 Å². The van der Waals surface area contributed by atoms with Gasteiger partial charge in [-0.3, -0.25) is 0 Å². The molecular formula is C35H39BrO3. The quantitative estimate of drug-likeness (QED) is 0.244. The first-order valence-electron chi connectivity index (χ1n) is 13.3. The highest BCUT2D eigenvalue weighted by atomic mass is 79.9. The highest BCUT2D eigenvalue weighted by Crippen LogP contribution is 2.43. The largest absolute Gasteiger partial charge is 0.507 e. The lowest BCUT2D eigenvalue weighted by atomic mass is 9.76. The maximum absolute atomic E-state index is 11.4. The van der Waals surface area contributed by atoms with Gasteiger partial charge in [0.1, 0.15) is 17.2 Å². The Labute approximate surface area is 241 Å². The molecule has 1 unspecified atom stereocenters. The minimum Gasteiger partial charge on any atom is -0.507 e. The lowest BCUT2D eigenvalue weighted by Crippen LogP contribution is -2.18. The van der Waals surface area contributed by atoms with E-state index in [1.807, 2.05) is 18.2 Å². The van der Waals surface area contributed by atoms with Crippen LogP contribution in [-0.4, -0.2) is 19.3 Å². The molecule has 0 spiro atoms. The summed E-state index contributed by atoms with van der Waals surface area (Å²) in [5, 5.41) is 13.7. The van der Waals surface area contributed by atoms with Gasteiger partial charge in [-0.2, -0.15) is 0 Å². The number of rotatable bonds is 6. The molecule has 0 aliphatic rings. The molecule has 1 N–H and O–H groups in total. The van der Waals surface area contributed by atoms with Crippen LogP contribution in [0.5, 0.6) is 17.2 Å². The number of benzene rings is 4. The smallest absolute Gasteiger partial charge is 0.123 e. The average molecular weight is 588 g/mol. The second-order valence-corrected chi connectivity index (χ2v) is 13.0. The third kappa shape index (κ3) is 6.33. The van der Waals surface area contributed by atoms with E-state index >= 15 is 0 Å². The summed E-state index contributed by atoms with van der Waals surface area (Å²) in [5.41, 5.74) is 4.84. The Morgan fingerprint density at radius 2 is 1.21 bits per heavy atom. The van der Waals surface area contributed by atoms with Crippen molar-refractivity contribution in [1.29, 1.82) is 0 Å². The van der Waals surface area contributed by atoms with Crippen LogP contribution in [0.1, 0.15) is 75.3 Å². The first-order chi connectivity index (χ1) is 18.3. The van der Waals surface area contributed by atoms with Crippen molar-refractivity contribution in [2.24, 2.45) is 0 Å². The number of phenols is 1. The number of methoxy groups -OCH3 is 2. The third-order valence-corrected chi connectivity index (χ3v) is 7.94. The summed E-state index contributed by atoms with van der Waals surface area (Å²) in [6, 6.07) is 25.2. The molecule has 0 heterocycles. The molecule has 0 saturated carbocycles. The van der Waals surface area contributed by atoms with Gasteiger partial charge in [-0.25, -0.2) is 0 Å². The Morgan fingerprint density at radius 3 is 1.74 bits per heavy atom. The molecule has 0 radical (unpaired) electrons. The molecule has 39 heavy (non-hydrogen) atoms. The molecule has 0 aliphatic carbocycles. The van der Waals surface area contributed by atoms with Crippen molar-refractivity contribution < 1.29 is 14.6 Å². The van der Waals surface area contributed by atoms with E-state index in [9.17, 15) is 5.11 Å². The van der Waals surface area contributed by atoms with Gasteiger partial charge in [0, 0.05) is 10.4 Å². The van der Waals surface area contributed by atoms with E-state index in [0.717, 1.165) is 49.0 Å². The van der Waals surface area contributed by atoms with E-state index < -0.39 is 0 Å². The molecule has 0 bridgehead atoms. The number of aromatic hydroxyl groups is 1. The summed E-state index contributed by atoms with van der Waals surface area (Å²) in [5.74, 6) is 2.00. The van der Waals surface area contributed by atoms with Crippen LogP contribution in [0.15, 0.2) is 78.9 Å². The molecule has 4 rings (SSSR count). The molecule has 0 saturated heterocycles. The fourth-order valence-electron chi connectivity index (χ4n) is 4.92. The Hall–Kier alpha value is -3.24. The number of hydrogen-bond acceptors (Lipinski definition) is 3. The van der Waals surface area contributed by atoms with Gasteiger partial charge in [0.25, 0.3) is 0 Å². The van der Waals surface area contributed by atoms with Crippen LogP contribution in [0.2, 0.25) is 0 Å². The van der Waals surface area contributed by atoms with Crippen molar-refractivity contribution >= 4 is 31.2 Å². The standard InChI is InChI=1S/C35H39BrO3/c1-34(2,3)30-19-26(20-31(33(30)37)35(4,5)6)29(21-32(36)22-11-14-27(38-7)15-12-22)25-10-9-24-18-28(39-8)16-13-23(24)17-25/h9-21,29,37H,1-8H3. The number of hydrogen-bond donors (Lipinski definition) is 1. The van der Waals surface area contributed by atoms with E-state index in [1.165, 1.54) is 5.56 Å². The minimum atomic E-state index is -0.221. The lowest BCUT2D eigenvalue weighted by molar-refractivity contribution is 0.415. The van der Waals surface area contributed by atoms with Crippen LogP contribution >= 0.6 is 15.9 Å². The van der Waals surface area contributed by atoms with Crippen LogP contribution < -0.4 is 9.47 Å². The normalized spacial score (nSPS) is 13.4. The van der Waals surface area contributed by atoms with Gasteiger partial charge in [-0.1, -0.05) is 112 Å². The van der Waals surface area contributed by atoms with Crippen molar-refractivity contribution in [3.63, 3.8) is 0 Å². The van der Waals surface area contributed by atoms with E-state index in [0.29, 0.717) is 5.75 Å². The Bertz CT molecular complexity index is 1470. The van der Waals surface area contributed by atoms with Gasteiger partial charge in [0.05, 0.1) is 14.2 Å². The fraction of sp³-hybridized carbons (Fsp3) is 0.314. The maximum Gasteiger partial charge on any atom is 0.123 e. The summed E-state index contributed by atoms with van der Waals surface area (Å²) in [6.45, 7) is 12.9. The van der Waals surface area contributed by atoms with Crippen molar-refractivity contribution in [3.05, 3.63) is 107 Å². The molecule has 0 amide bonds. The monoisotopic (exact) mass is 586 g/mol. The first-order valence-corrected chi connectivity index (χ1v) is 14.1. The highest BCUT2D eigenvalue weighted by molar-refractivity contribution is 9.15.